The van der Waals surface area contributed by atoms with Crippen molar-refractivity contribution in [2.75, 3.05) is 44.1 Å². The molecule has 0 saturated heterocycles. The van der Waals surface area contributed by atoms with E-state index in [2.05, 4.69) is 27.8 Å². The van der Waals surface area contributed by atoms with Crippen LogP contribution in [0.4, 0.5) is 11.4 Å². The van der Waals surface area contributed by atoms with Crippen molar-refractivity contribution in [3.05, 3.63) is 83.3 Å². The Balaban J connectivity index is 0.000000700. The monoisotopic (exact) mass is 628 g/mol. The summed E-state index contributed by atoms with van der Waals surface area (Å²) in [4.78, 5) is 46.2. The van der Waals surface area contributed by atoms with Gasteiger partial charge in [0.2, 0.25) is 0 Å². The van der Waals surface area contributed by atoms with Gasteiger partial charge >= 0.3 is 23.9 Å². The molecule has 3 N–H and O–H groups in total. The number of ether oxygens (including phenoxy) is 5. The molecule has 0 unspecified atom stereocenters. The number of hydrogen-bond acceptors (Lipinski definition) is 11. The molecule has 2 aromatic rings. The molecule has 11 heteroatoms. The maximum Gasteiger partial charge on any atom is 0.348 e. The van der Waals surface area contributed by atoms with Crippen LogP contribution in [0, 0.1) is 0 Å². The minimum Gasteiger partial charge on any atom is -0.500 e. The van der Waals surface area contributed by atoms with Crippen LogP contribution in [0.2, 0.25) is 0 Å². The maximum atomic E-state index is 11.8. The highest BCUT2D eigenvalue weighted by Gasteiger charge is 2.22. The van der Waals surface area contributed by atoms with Gasteiger partial charge in [-0.3, -0.25) is 0 Å². The van der Waals surface area contributed by atoms with E-state index in [1.165, 1.54) is 11.8 Å². The number of esters is 4. The zero-order valence-corrected chi connectivity index (χ0v) is 27.5. The highest BCUT2D eigenvalue weighted by Crippen LogP contribution is 2.16. The first kappa shape index (κ1) is 40.2. The van der Waals surface area contributed by atoms with E-state index in [1.54, 1.807) is 34.6 Å². The average Bonchev–Trinajstić information content (AvgIpc) is 3.03. The van der Waals surface area contributed by atoms with Gasteiger partial charge in [0.15, 0.2) is 11.1 Å². The molecule has 0 aromatic heterocycles. The van der Waals surface area contributed by atoms with Crippen LogP contribution in [0.3, 0.4) is 0 Å². The molecule has 0 spiro atoms. The fourth-order valence-electron chi connectivity index (χ4n) is 3.36. The Bertz CT molecular complexity index is 1220. The third-order valence-corrected chi connectivity index (χ3v) is 5.56. The molecule has 11 nitrogen and oxygen atoms in total. The van der Waals surface area contributed by atoms with E-state index >= 15 is 0 Å². The molecule has 0 saturated carbocycles. The van der Waals surface area contributed by atoms with E-state index in [9.17, 15) is 19.2 Å². The fourth-order valence-corrected chi connectivity index (χ4v) is 3.36. The van der Waals surface area contributed by atoms with Crippen LogP contribution in [0.15, 0.2) is 72.1 Å². The van der Waals surface area contributed by atoms with Crippen molar-refractivity contribution in [3.63, 3.8) is 0 Å². The Morgan fingerprint density at radius 1 is 0.600 bits per heavy atom. The molecule has 248 valence electrons. The van der Waals surface area contributed by atoms with Crippen molar-refractivity contribution < 1.29 is 42.9 Å². The predicted molar refractivity (Wildman–Crippen MR) is 174 cm³/mol. The van der Waals surface area contributed by atoms with Crippen molar-refractivity contribution in [1.82, 2.24) is 0 Å². The van der Waals surface area contributed by atoms with Gasteiger partial charge in [0.1, 0.15) is 6.26 Å². The normalized spacial score (nSPS) is 9.40. The molecule has 0 bridgehead atoms. The fraction of sp³-hybridized carbons (Fsp3) is 0.412. The van der Waals surface area contributed by atoms with Crippen LogP contribution in [0.5, 0.6) is 0 Å². The summed E-state index contributed by atoms with van der Waals surface area (Å²) in [6.07, 6.45) is 4.26. The van der Waals surface area contributed by atoms with E-state index in [4.69, 9.17) is 19.9 Å². The summed E-state index contributed by atoms with van der Waals surface area (Å²) in [6.45, 7) is 13.7. The molecule has 0 amide bonds. The summed E-state index contributed by atoms with van der Waals surface area (Å²) in [7, 11) is 0. The van der Waals surface area contributed by atoms with Crippen LogP contribution in [0.1, 0.15) is 59.6 Å². The smallest absolute Gasteiger partial charge is 0.348 e. The number of carbonyl (C=O) groups excluding carboxylic acids is 4. The van der Waals surface area contributed by atoms with Crippen LogP contribution in [-0.4, -0.2) is 56.9 Å². The molecule has 0 aliphatic heterocycles. The number of hydrogen-bond donors (Lipinski definition) is 2. The number of nitrogens with one attached hydrogen (secondary N) is 1. The molecular weight excluding hydrogens is 580 g/mol. The summed E-state index contributed by atoms with van der Waals surface area (Å²) in [6, 6.07) is 15.6. The predicted octanol–water partition coefficient (Wildman–Crippen LogP) is 5.54. The summed E-state index contributed by atoms with van der Waals surface area (Å²) in [5.41, 5.74) is 9.32. The van der Waals surface area contributed by atoms with Crippen molar-refractivity contribution >= 4 is 35.3 Å². The summed E-state index contributed by atoms with van der Waals surface area (Å²) >= 11 is 0. The summed E-state index contributed by atoms with van der Waals surface area (Å²) < 4.78 is 24.0. The first-order chi connectivity index (χ1) is 21.6. The van der Waals surface area contributed by atoms with Crippen LogP contribution in [-0.2, 0) is 55.7 Å². The van der Waals surface area contributed by atoms with Crippen LogP contribution < -0.4 is 11.1 Å². The molecule has 0 atom stereocenters. The van der Waals surface area contributed by atoms with Crippen molar-refractivity contribution in [3.8, 4) is 0 Å². The maximum absolute atomic E-state index is 11.8. The lowest BCUT2D eigenvalue weighted by molar-refractivity contribution is -0.148. The zero-order valence-electron chi connectivity index (χ0n) is 27.5. The highest BCUT2D eigenvalue weighted by atomic mass is 16.6. The van der Waals surface area contributed by atoms with E-state index < -0.39 is 23.9 Å². The summed E-state index contributed by atoms with van der Waals surface area (Å²) in [5, 5.41) is 2.98. The number of nitrogen functional groups attached to an aromatic ring is 1. The van der Waals surface area contributed by atoms with Crippen molar-refractivity contribution in [2.24, 2.45) is 0 Å². The first-order valence-electron chi connectivity index (χ1n) is 15.0. The van der Waals surface area contributed by atoms with Gasteiger partial charge in [-0.1, -0.05) is 50.2 Å². The quantitative estimate of drug-likeness (QED) is 0.0516. The molecule has 2 rings (SSSR count). The Kier molecular flexibility index (Phi) is 22.0. The average molecular weight is 629 g/mol. The van der Waals surface area contributed by atoms with Gasteiger partial charge in [0, 0.05) is 17.6 Å². The zero-order chi connectivity index (χ0) is 34.0. The lowest BCUT2D eigenvalue weighted by atomic mass is 10.1. The topological polar surface area (TPSA) is 152 Å². The third kappa shape index (κ3) is 16.0. The van der Waals surface area contributed by atoms with E-state index in [0.717, 1.165) is 36.0 Å². The van der Waals surface area contributed by atoms with Crippen molar-refractivity contribution in [1.29, 1.82) is 0 Å². The Morgan fingerprint density at radius 3 is 1.42 bits per heavy atom. The van der Waals surface area contributed by atoms with Gasteiger partial charge < -0.3 is 34.7 Å². The molecule has 45 heavy (non-hydrogen) atoms. The van der Waals surface area contributed by atoms with Crippen LogP contribution in [0.25, 0.3) is 0 Å². The lowest BCUT2D eigenvalue weighted by Crippen LogP contribution is -2.19. The SMILES string of the molecule is CCOC(=O)C(=CNc1ccccc1CC)C(=O)OCC.CCOC=C(C(=O)OCC)C(=O)OCC.CCc1ccccc1N. The molecule has 0 aliphatic rings. The minimum atomic E-state index is -0.732. The Hall–Kier alpha value is -4.80. The van der Waals surface area contributed by atoms with Gasteiger partial charge in [0.05, 0.1) is 33.0 Å². The second-order valence-electron chi connectivity index (χ2n) is 8.63. The molecule has 2 aromatic carbocycles. The summed E-state index contributed by atoms with van der Waals surface area (Å²) in [5.74, 6) is -2.86. The Labute approximate surface area is 266 Å². The molecular formula is C34H48N2O9. The second kappa shape index (κ2) is 24.6. The van der Waals surface area contributed by atoms with E-state index in [-0.39, 0.29) is 37.6 Å². The van der Waals surface area contributed by atoms with Gasteiger partial charge in [-0.2, -0.15) is 0 Å². The number of nitrogens with two attached hydrogens (primary N) is 1. The number of para-hydroxylation sites is 2. The Morgan fingerprint density at radius 2 is 1.02 bits per heavy atom. The molecule has 0 heterocycles. The number of carbonyl (C=O) groups is 4. The van der Waals surface area contributed by atoms with Gasteiger partial charge in [0.25, 0.3) is 0 Å². The first-order valence-corrected chi connectivity index (χ1v) is 15.0. The van der Waals surface area contributed by atoms with Crippen LogP contribution >= 0.6 is 0 Å². The standard InChI is InChI=1S/C16H21NO4.C10H16O5.C8H11N/c1-4-12-9-7-8-10-14(12)17-11-13(15(18)20-5-2)16(19)21-6-3;1-4-13-7-8(9(11)14-5-2)10(12)15-6-3;1-2-7-5-3-4-6-8(7)9/h7-11,17H,4-6H2,1-3H3;7H,4-6H2,1-3H3;3-6H,2,9H2,1H3. The van der Waals surface area contributed by atoms with E-state index in [0.29, 0.717) is 6.61 Å². The second-order valence-corrected chi connectivity index (χ2v) is 8.63. The lowest BCUT2D eigenvalue weighted by Gasteiger charge is -2.10. The van der Waals surface area contributed by atoms with Gasteiger partial charge in [-0.05, 0) is 70.7 Å². The van der Waals surface area contributed by atoms with Gasteiger partial charge in [-0.15, -0.1) is 0 Å². The molecule has 0 fully saturated rings. The highest BCUT2D eigenvalue weighted by molar-refractivity contribution is 6.14. The minimum absolute atomic E-state index is 0.149. The van der Waals surface area contributed by atoms with Crippen molar-refractivity contribution in [2.45, 2.75) is 61.3 Å². The number of rotatable bonds is 14. The molecule has 0 aliphatic carbocycles. The molecule has 0 radical (unpaired) electrons. The third-order valence-electron chi connectivity index (χ3n) is 5.56. The number of anilines is 2. The van der Waals surface area contributed by atoms with Gasteiger partial charge in [-0.25, -0.2) is 19.2 Å². The van der Waals surface area contributed by atoms with E-state index in [1.807, 2.05) is 49.4 Å². The number of benzene rings is 2. The largest absolute Gasteiger partial charge is 0.500 e. The number of aryl methyl sites for hydroxylation is 2.